The average molecular weight is 228 g/mol. The van der Waals surface area contributed by atoms with Gasteiger partial charge in [0.1, 0.15) is 0 Å². The van der Waals surface area contributed by atoms with Crippen molar-refractivity contribution in [2.45, 2.75) is 52.1 Å². The summed E-state index contributed by atoms with van der Waals surface area (Å²) in [6, 6.07) is 0. The van der Waals surface area contributed by atoms with E-state index in [2.05, 4.69) is 6.58 Å². The molecule has 0 bridgehead atoms. The third-order valence-corrected chi connectivity index (χ3v) is 2.42. The fourth-order valence-electron chi connectivity index (χ4n) is 1.70. The summed E-state index contributed by atoms with van der Waals surface area (Å²) >= 11 is 0. The standard InChI is InChI=1S/C12H20O4/c1-8(2)11(13)15-10-6-7-14-12(10,5)16-9(3)4/h9-10H,1,6-7H2,2-5H3. The third kappa shape index (κ3) is 3.06. The second kappa shape index (κ2) is 4.97. The van der Waals surface area contributed by atoms with Gasteiger partial charge in [0.2, 0.25) is 5.79 Å². The largest absolute Gasteiger partial charge is 0.453 e. The van der Waals surface area contributed by atoms with E-state index in [1.807, 2.05) is 13.8 Å². The van der Waals surface area contributed by atoms with E-state index in [1.165, 1.54) is 0 Å². The Morgan fingerprint density at radius 2 is 2.19 bits per heavy atom. The minimum Gasteiger partial charge on any atom is -0.453 e. The summed E-state index contributed by atoms with van der Waals surface area (Å²) in [4.78, 5) is 11.4. The summed E-state index contributed by atoms with van der Waals surface area (Å²) in [5, 5.41) is 0. The molecule has 0 saturated carbocycles. The first-order chi connectivity index (χ1) is 7.35. The Balaban J connectivity index is 2.64. The number of hydrogen-bond acceptors (Lipinski definition) is 4. The van der Waals surface area contributed by atoms with Gasteiger partial charge < -0.3 is 14.2 Å². The fourth-order valence-corrected chi connectivity index (χ4v) is 1.70. The summed E-state index contributed by atoms with van der Waals surface area (Å²) in [6.07, 6.45) is 0.315. The van der Waals surface area contributed by atoms with Gasteiger partial charge >= 0.3 is 5.97 Å². The Labute approximate surface area is 96.6 Å². The first-order valence-electron chi connectivity index (χ1n) is 5.53. The molecule has 0 aliphatic carbocycles. The summed E-state index contributed by atoms with van der Waals surface area (Å²) in [7, 11) is 0. The van der Waals surface area contributed by atoms with E-state index in [0.29, 0.717) is 18.6 Å². The van der Waals surface area contributed by atoms with Crippen LogP contribution in [0.1, 0.15) is 34.1 Å². The molecule has 1 saturated heterocycles. The average Bonchev–Trinajstić information content (AvgIpc) is 2.46. The van der Waals surface area contributed by atoms with Crippen molar-refractivity contribution >= 4 is 5.97 Å². The van der Waals surface area contributed by atoms with Crippen LogP contribution in [0.3, 0.4) is 0 Å². The second-order valence-electron chi connectivity index (χ2n) is 4.49. The van der Waals surface area contributed by atoms with E-state index in [9.17, 15) is 4.79 Å². The van der Waals surface area contributed by atoms with Crippen LogP contribution in [0, 0.1) is 0 Å². The van der Waals surface area contributed by atoms with Crippen LogP contribution in [0.5, 0.6) is 0 Å². The van der Waals surface area contributed by atoms with Crippen LogP contribution in [-0.4, -0.2) is 30.6 Å². The minimum atomic E-state index is -0.834. The Morgan fingerprint density at radius 3 is 2.69 bits per heavy atom. The van der Waals surface area contributed by atoms with Gasteiger partial charge in [-0.05, 0) is 27.7 Å². The van der Waals surface area contributed by atoms with Gasteiger partial charge in [0, 0.05) is 12.0 Å². The van der Waals surface area contributed by atoms with Gasteiger partial charge in [0.15, 0.2) is 6.10 Å². The van der Waals surface area contributed by atoms with Crippen LogP contribution < -0.4 is 0 Å². The molecule has 0 radical (unpaired) electrons. The SMILES string of the molecule is C=C(C)C(=O)OC1CCOC1(C)OC(C)C. The van der Waals surface area contributed by atoms with Gasteiger partial charge in [-0.2, -0.15) is 0 Å². The quantitative estimate of drug-likeness (QED) is 0.545. The topological polar surface area (TPSA) is 44.8 Å². The van der Waals surface area contributed by atoms with Gasteiger partial charge in [0.05, 0.1) is 12.7 Å². The molecule has 2 atom stereocenters. The Hall–Kier alpha value is -0.870. The first kappa shape index (κ1) is 13.2. The number of carbonyl (C=O) groups is 1. The lowest BCUT2D eigenvalue weighted by Crippen LogP contribution is -2.43. The Kier molecular flexibility index (Phi) is 4.10. The summed E-state index contributed by atoms with van der Waals surface area (Å²) in [5.74, 6) is -1.23. The fraction of sp³-hybridized carbons (Fsp3) is 0.750. The number of carbonyl (C=O) groups excluding carboxylic acids is 1. The van der Waals surface area contributed by atoms with Crippen molar-refractivity contribution in [3.05, 3.63) is 12.2 Å². The van der Waals surface area contributed by atoms with Crippen LogP contribution in [0.25, 0.3) is 0 Å². The van der Waals surface area contributed by atoms with E-state index < -0.39 is 11.8 Å². The molecule has 0 spiro atoms. The number of ether oxygens (including phenoxy) is 3. The zero-order valence-electron chi connectivity index (χ0n) is 10.4. The van der Waals surface area contributed by atoms with Gasteiger partial charge in [-0.15, -0.1) is 0 Å². The molecule has 92 valence electrons. The van der Waals surface area contributed by atoms with Crippen LogP contribution in [-0.2, 0) is 19.0 Å². The molecule has 1 aliphatic rings. The molecule has 0 N–H and O–H groups in total. The first-order valence-corrected chi connectivity index (χ1v) is 5.53. The normalized spacial score (nSPS) is 29.4. The van der Waals surface area contributed by atoms with Crippen molar-refractivity contribution in [1.29, 1.82) is 0 Å². The predicted octanol–water partition coefficient (Wildman–Crippen LogP) is 2.04. The smallest absolute Gasteiger partial charge is 0.333 e. The molecular weight excluding hydrogens is 208 g/mol. The molecule has 1 fully saturated rings. The monoisotopic (exact) mass is 228 g/mol. The van der Waals surface area contributed by atoms with E-state index in [-0.39, 0.29) is 12.2 Å². The highest BCUT2D eigenvalue weighted by molar-refractivity contribution is 5.87. The van der Waals surface area contributed by atoms with Crippen molar-refractivity contribution < 1.29 is 19.0 Å². The summed E-state index contributed by atoms with van der Waals surface area (Å²) in [6.45, 7) is 11.4. The number of esters is 1. The number of hydrogen-bond donors (Lipinski definition) is 0. The summed E-state index contributed by atoms with van der Waals surface area (Å²) in [5.41, 5.74) is 0.388. The highest BCUT2D eigenvalue weighted by Gasteiger charge is 2.44. The van der Waals surface area contributed by atoms with Gasteiger partial charge in [-0.1, -0.05) is 6.58 Å². The van der Waals surface area contributed by atoms with Crippen LogP contribution in [0.15, 0.2) is 12.2 Å². The molecule has 1 aliphatic heterocycles. The van der Waals surface area contributed by atoms with E-state index >= 15 is 0 Å². The molecule has 1 heterocycles. The van der Waals surface area contributed by atoms with E-state index in [1.54, 1.807) is 13.8 Å². The van der Waals surface area contributed by atoms with Crippen molar-refractivity contribution in [2.24, 2.45) is 0 Å². The maximum absolute atomic E-state index is 11.4. The minimum absolute atomic E-state index is 0.0223. The van der Waals surface area contributed by atoms with Gasteiger partial charge in [-0.25, -0.2) is 4.79 Å². The second-order valence-corrected chi connectivity index (χ2v) is 4.49. The number of rotatable bonds is 4. The highest BCUT2D eigenvalue weighted by Crippen LogP contribution is 2.31. The highest BCUT2D eigenvalue weighted by atomic mass is 16.7. The molecule has 0 aromatic heterocycles. The van der Waals surface area contributed by atoms with Gasteiger partial charge in [-0.3, -0.25) is 0 Å². The molecule has 16 heavy (non-hydrogen) atoms. The maximum atomic E-state index is 11.4. The Bertz CT molecular complexity index is 285. The lowest BCUT2D eigenvalue weighted by Gasteiger charge is -2.31. The molecule has 4 nitrogen and oxygen atoms in total. The summed E-state index contributed by atoms with van der Waals surface area (Å²) < 4.78 is 16.5. The molecule has 0 aromatic carbocycles. The van der Waals surface area contributed by atoms with E-state index in [0.717, 1.165) is 0 Å². The zero-order valence-corrected chi connectivity index (χ0v) is 10.4. The van der Waals surface area contributed by atoms with Crippen LogP contribution in [0.2, 0.25) is 0 Å². The van der Waals surface area contributed by atoms with Crippen molar-refractivity contribution in [3.8, 4) is 0 Å². The molecule has 4 heteroatoms. The Morgan fingerprint density at radius 1 is 1.56 bits per heavy atom. The zero-order chi connectivity index (χ0) is 12.3. The van der Waals surface area contributed by atoms with Gasteiger partial charge in [0.25, 0.3) is 0 Å². The lowest BCUT2D eigenvalue weighted by molar-refractivity contribution is -0.254. The van der Waals surface area contributed by atoms with E-state index in [4.69, 9.17) is 14.2 Å². The van der Waals surface area contributed by atoms with Crippen LogP contribution >= 0.6 is 0 Å². The lowest BCUT2D eigenvalue weighted by atomic mass is 10.1. The predicted molar refractivity (Wildman–Crippen MR) is 59.9 cm³/mol. The molecule has 0 amide bonds. The van der Waals surface area contributed by atoms with Crippen molar-refractivity contribution in [2.75, 3.05) is 6.61 Å². The molecule has 2 unspecified atom stereocenters. The third-order valence-electron chi connectivity index (χ3n) is 2.42. The molecule has 0 aromatic rings. The van der Waals surface area contributed by atoms with Crippen molar-refractivity contribution in [3.63, 3.8) is 0 Å². The maximum Gasteiger partial charge on any atom is 0.333 e. The van der Waals surface area contributed by atoms with Crippen molar-refractivity contribution in [1.82, 2.24) is 0 Å². The molecule has 1 rings (SSSR count). The molecular formula is C12H20O4. The van der Waals surface area contributed by atoms with Crippen LogP contribution in [0.4, 0.5) is 0 Å².